The highest BCUT2D eigenvalue weighted by Gasteiger charge is 2.17. The molecule has 3 nitrogen and oxygen atoms in total. The number of rotatable bonds is 7. The SMILES string of the molecule is CC(C)c1ccc(-c2nc(CSCC(=O)NC3CCCC3)cs2)cc1. The van der Waals surface area contributed by atoms with Crippen LogP contribution >= 0.6 is 23.1 Å². The maximum absolute atomic E-state index is 12.0. The van der Waals surface area contributed by atoms with Crippen LogP contribution < -0.4 is 5.32 Å². The van der Waals surface area contributed by atoms with Gasteiger partial charge in [0.05, 0.1) is 11.4 Å². The van der Waals surface area contributed by atoms with E-state index < -0.39 is 0 Å². The van der Waals surface area contributed by atoms with Crippen molar-refractivity contribution in [3.05, 3.63) is 40.9 Å². The van der Waals surface area contributed by atoms with Crippen molar-refractivity contribution in [2.24, 2.45) is 0 Å². The quantitative estimate of drug-likeness (QED) is 0.722. The van der Waals surface area contributed by atoms with Crippen molar-refractivity contribution >= 4 is 29.0 Å². The fraction of sp³-hybridized carbons (Fsp3) is 0.500. The van der Waals surface area contributed by atoms with Crippen LogP contribution in [0.3, 0.4) is 0 Å². The largest absolute Gasteiger partial charge is 0.353 e. The molecule has 0 atom stereocenters. The van der Waals surface area contributed by atoms with Gasteiger partial charge >= 0.3 is 0 Å². The highest BCUT2D eigenvalue weighted by atomic mass is 32.2. The van der Waals surface area contributed by atoms with Gasteiger partial charge in [-0.2, -0.15) is 0 Å². The van der Waals surface area contributed by atoms with Crippen LogP contribution in [0.15, 0.2) is 29.6 Å². The van der Waals surface area contributed by atoms with Crippen LogP contribution in [0, 0.1) is 0 Å². The second-order valence-corrected chi connectivity index (χ2v) is 8.81. The Balaban J connectivity index is 1.47. The summed E-state index contributed by atoms with van der Waals surface area (Å²) < 4.78 is 0. The number of hydrogen-bond acceptors (Lipinski definition) is 4. The van der Waals surface area contributed by atoms with Gasteiger partial charge in [0.15, 0.2) is 0 Å². The van der Waals surface area contributed by atoms with Crippen molar-refractivity contribution in [1.82, 2.24) is 10.3 Å². The van der Waals surface area contributed by atoms with E-state index in [0.717, 1.165) is 29.3 Å². The average Bonchev–Trinajstić information content (AvgIpc) is 3.27. The van der Waals surface area contributed by atoms with Crippen LogP contribution in [0.4, 0.5) is 0 Å². The second-order valence-electron chi connectivity index (χ2n) is 6.96. The molecule has 1 aromatic carbocycles. The minimum Gasteiger partial charge on any atom is -0.353 e. The van der Waals surface area contributed by atoms with E-state index in [1.807, 2.05) is 0 Å². The molecule has 25 heavy (non-hydrogen) atoms. The molecule has 134 valence electrons. The molecule has 0 spiro atoms. The molecule has 5 heteroatoms. The van der Waals surface area contributed by atoms with E-state index in [-0.39, 0.29) is 5.91 Å². The Morgan fingerprint density at radius 3 is 2.68 bits per heavy atom. The Labute approximate surface area is 158 Å². The predicted octanol–water partition coefficient (Wildman–Crippen LogP) is 5.23. The lowest BCUT2D eigenvalue weighted by Gasteiger charge is -2.11. The van der Waals surface area contributed by atoms with Crippen LogP contribution in [0.5, 0.6) is 0 Å². The summed E-state index contributed by atoms with van der Waals surface area (Å²) in [6, 6.07) is 9.08. The van der Waals surface area contributed by atoms with Gasteiger partial charge in [-0.15, -0.1) is 23.1 Å². The number of hydrogen-bond donors (Lipinski definition) is 1. The minimum absolute atomic E-state index is 0.164. The smallest absolute Gasteiger partial charge is 0.230 e. The lowest BCUT2D eigenvalue weighted by molar-refractivity contribution is -0.119. The van der Waals surface area contributed by atoms with E-state index in [4.69, 9.17) is 4.98 Å². The Kier molecular flexibility index (Phi) is 6.54. The summed E-state index contributed by atoms with van der Waals surface area (Å²) in [5, 5.41) is 6.29. The van der Waals surface area contributed by atoms with Crippen molar-refractivity contribution in [2.45, 2.75) is 57.2 Å². The molecule has 0 saturated heterocycles. The van der Waals surface area contributed by atoms with Gasteiger partial charge in [0, 0.05) is 22.7 Å². The molecule has 0 unspecified atom stereocenters. The first-order valence-electron chi connectivity index (χ1n) is 9.03. The van der Waals surface area contributed by atoms with E-state index in [1.54, 1.807) is 23.1 Å². The molecule has 3 rings (SSSR count). The molecule has 0 radical (unpaired) electrons. The number of carbonyl (C=O) groups excluding carboxylic acids is 1. The molecular weight excluding hydrogens is 348 g/mol. The molecule has 1 aliphatic carbocycles. The zero-order valence-electron chi connectivity index (χ0n) is 15.0. The van der Waals surface area contributed by atoms with Crippen LogP contribution in [0.25, 0.3) is 10.6 Å². The lowest BCUT2D eigenvalue weighted by Crippen LogP contribution is -2.33. The van der Waals surface area contributed by atoms with Crippen LogP contribution in [0.1, 0.15) is 56.7 Å². The fourth-order valence-electron chi connectivity index (χ4n) is 3.10. The highest BCUT2D eigenvalue weighted by Crippen LogP contribution is 2.27. The number of thioether (sulfide) groups is 1. The van der Waals surface area contributed by atoms with Gasteiger partial charge in [0.1, 0.15) is 5.01 Å². The lowest BCUT2D eigenvalue weighted by atomic mass is 10.0. The summed E-state index contributed by atoms with van der Waals surface area (Å²) in [6.07, 6.45) is 4.78. The van der Waals surface area contributed by atoms with E-state index in [2.05, 4.69) is 48.8 Å². The maximum atomic E-state index is 12.0. The minimum atomic E-state index is 0.164. The van der Waals surface area contributed by atoms with Crippen molar-refractivity contribution in [3.8, 4) is 10.6 Å². The first-order valence-corrected chi connectivity index (χ1v) is 11.1. The normalized spacial score (nSPS) is 15.0. The molecule has 1 amide bonds. The predicted molar refractivity (Wildman–Crippen MR) is 108 cm³/mol. The van der Waals surface area contributed by atoms with Crippen LogP contribution in [0.2, 0.25) is 0 Å². The molecule has 0 bridgehead atoms. The molecule has 0 aliphatic heterocycles. The summed E-state index contributed by atoms with van der Waals surface area (Å²) in [6.45, 7) is 4.41. The van der Waals surface area contributed by atoms with Crippen molar-refractivity contribution in [1.29, 1.82) is 0 Å². The Morgan fingerprint density at radius 2 is 2.00 bits per heavy atom. The van der Waals surface area contributed by atoms with Gasteiger partial charge in [0.25, 0.3) is 0 Å². The van der Waals surface area contributed by atoms with Crippen molar-refractivity contribution in [3.63, 3.8) is 0 Å². The topological polar surface area (TPSA) is 42.0 Å². The van der Waals surface area contributed by atoms with E-state index in [0.29, 0.717) is 17.7 Å². The average molecular weight is 375 g/mol. The first-order chi connectivity index (χ1) is 12.1. The number of nitrogens with zero attached hydrogens (tertiary/aromatic N) is 1. The van der Waals surface area contributed by atoms with Crippen molar-refractivity contribution in [2.75, 3.05) is 5.75 Å². The molecule has 1 aliphatic rings. The van der Waals surface area contributed by atoms with Gasteiger partial charge in [-0.25, -0.2) is 4.98 Å². The molecule has 1 aromatic heterocycles. The summed E-state index contributed by atoms with van der Waals surface area (Å²) in [7, 11) is 0. The van der Waals surface area contributed by atoms with Gasteiger partial charge in [-0.1, -0.05) is 51.0 Å². The van der Waals surface area contributed by atoms with Crippen molar-refractivity contribution < 1.29 is 4.79 Å². The molecule has 2 aromatic rings. The Bertz CT molecular complexity index is 688. The number of aromatic nitrogens is 1. The molecular formula is C20H26N2OS2. The fourth-order valence-corrected chi connectivity index (χ4v) is 4.76. The second kappa shape index (κ2) is 8.86. The van der Waals surface area contributed by atoms with E-state index >= 15 is 0 Å². The number of thiazole rings is 1. The summed E-state index contributed by atoms with van der Waals surface area (Å²) in [5.74, 6) is 2.02. The zero-order chi connectivity index (χ0) is 17.6. The Hall–Kier alpha value is -1.33. The van der Waals surface area contributed by atoms with E-state index in [1.165, 1.54) is 24.0 Å². The molecule has 1 fully saturated rings. The first kappa shape index (κ1) is 18.5. The van der Waals surface area contributed by atoms with Gasteiger partial charge in [0.2, 0.25) is 5.91 Å². The Morgan fingerprint density at radius 1 is 1.28 bits per heavy atom. The number of carbonyl (C=O) groups is 1. The third kappa shape index (κ3) is 5.32. The molecule has 1 N–H and O–H groups in total. The van der Waals surface area contributed by atoms with Gasteiger partial charge in [-0.3, -0.25) is 4.79 Å². The summed E-state index contributed by atoms with van der Waals surface area (Å²) in [4.78, 5) is 16.7. The van der Waals surface area contributed by atoms with Gasteiger partial charge < -0.3 is 5.32 Å². The number of amides is 1. The molecule has 1 heterocycles. The highest BCUT2D eigenvalue weighted by molar-refractivity contribution is 7.99. The third-order valence-electron chi connectivity index (χ3n) is 4.58. The number of nitrogens with one attached hydrogen (secondary N) is 1. The van der Waals surface area contributed by atoms with Crippen LogP contribution in [-0.2, 0) is 10.5 Å². The van der Waals surface area contributed by atoms with E-state index in [9.17, 15) is 4.79 Å². The summed E-state index contributed by atoms with van der Waals surface area (Å²) in [5.41, 5.74) is 3.58. The summed E-state index contributed by atoms with van der Waals surface area (Å²) >= 11 is 3.32. The third-order valence-corrected chi connectivity index (χ3v) is 6.49. The number of benzene rings is 1. The van der Waals surface area contributed by atoms with Crippen LogP contribution in [-0.4, -0.2) is 22.7 Å². The monoisotopic (exact) mass is 374 g/mol. The maximum Gasteiger partial charge on any atom is 0.230 e. The molecule has 1 saturated carbocycles. The zero-order valence-corrected chi connectivity index (χ0v) is 16.6. The van der Waals surface area contributed by atoms with Gasteiger partial charge in [-0.05, 0) is 24.3 Å². The standard InChI is InChI=1S/C20H26N2OS2/c1-14(2)15-7-9-16(10-8-15)20-22-18(12-25-20)11-24-13-19(23)21-17-5-3-4-6-17/h7-10,12,14,17H,3-6,11,13H2,1-2H3,(H,21,23).